The Morgan fingerprint density at radius 2 is 1.84 bits per heavy atom. The zero-order chi connectivity index (χ0) is 17.6. The fourth-order valence-electron chi connectivity index (χ4n) is 2.85. The van der Waals surface area contributed by atoms with E-state index >= 15 is 0 Å². The third-order valence-electron chi connectivity index (χ3n) is 4.13. The van der Waals surface area contributed by atoms with Crippen LogP contribution in [0.4, 0.5) is 0 Å². The van der Waals surface area contributed by atoms with Crippen molar-refractivity contribution in [3.63, 3.8) is 0 Å². The number of aromatic nitrogens is 1. The molecule has 0 unspecified atom stereocenters. The van der Waals surface area contributed by atoms with Gasteiger partial charge in [0.05, 0.1) is 6.42 Å². The Morgan fingerprint density at radius 1 is 1.12 bits per heavy atom. The number of carbonyl (C=O) groups excluding carboxylic acids is 1. The molecular weight excluding hydrogens is 332 g/mol. The predicted molar refractivity (Wildman–Crippen MR) is 102 cm³/mol. The molecule has 0 saturated carbocycles. The molecule has 5 heteroatoms. The molecular formula is C20H22N2O2S. The summed E-state index contributed by atoms with van der Waals surface area (Å²) in [5.41, 5.74) is 2.13. The summed E-state index contributed by atoms with van der Waals surface area (Å²) in [4.78, 5) is 14.6. The Hall–Kier alpha value is -2.24. The number of amides is 1. The van der Waals surface area contributed by atoms with Gasteiger partial charge in [-0.2, -0.15) is 0 Å². The summed E-state index contributed by atoms with van der Waals surface area (Å²) < 4.78 is 2.10. The number of carbonyl (C=O) groups is 1. The molecule has 0 aliphatic heterocycles. The van der Waals surface area contributed by atoms with Crippen LogP contribution in [0.3, 0.4) is 0 Å². The maximum atomic E-state index is 12.3. The van der Waals surface area contributed by atoms with Crippen LogP contribution in [0.15, 0.2) is 64.4 Å². The van der Waals surface area contributed by atoms with Crippen molar-refractivity contribution in [2.75, 3.05) is 13.2 Å². The first kappa shape index (κ1) is 17.6. The highest BCUT2D eigenvalue weighted by molar-refractivity contribution is 7.99. The van der Waals surface area contributed by atoms with Gasteiger partial charge in [-0.15, -0.1) is 0 Å². The number of nitrogens with one attached hydrogen (secondary N) is 1. The van der Waals surface area contributed by atoms with Crippen LogP contribution < -0.4 is 5.32 Å². The van der Waals surface area contributed by atoms with E-state index in [4.69, 9.17) is 5.11 Å². The van der Waals surface area contributed by atoms with Gasteiger partial charge in [0.2, 0.25) is 5.91 Å². The van der Waals surface area contributed by atoms with Crippen LogP contribution in [0, 0.1) is 0 Å². The van der Waals surface area contributed by atoms with E-state index in [2.05, 4.69) is 34.1 Å². The van der Waals surface area contributed by atoms with Crippen molar-refractivity contribution < 1.29 is 9.90 Å². The largest absolute Gasteiger partial charge is 0.396 e. The van der Waals surface area contributed by atoms with Crippen LogP contribution in [-0.2, 0) is 18.3 Å². The lowest BCUT2D eigenvalue weighted by Crippen LogP contribution is -2.27. The number of aryl methyl sites for hydroxylation is 1. The van der Waals surface area contributed by atoms with Gasteiger partial charge in [-0.3, -0.25) is 4.79 Å². The number of fused-ring (bicyclic) bond motifs is 1. The molecule has 0 aliphatic rings. The molecule has 0 aliphatic carbocycles. The highest BCUT2D eigenvalue weighted by Gasteiger charge is 2.18. The molecule has 4 nitrogen and oxygen atoms in total. The highest BCUT2D eigenvalue weighted by Crippen LogP contribution is 2.38. The Morgan fingerprint density at radius 3 is 2.60 bits per heavy atom. The molecule has 0 spiro atoms. The molecule has 1 heterocycles. The lowest BCUT2D eigenvalue weighted by Gasteiger charge is -2.09. The second-order valence-corrected chi connectivity index (χ2v) is 6.95. The minimum absolute atomic E-state index is 0.0192. The van der Waals surface area contributed by atoms with Gasteiger partial charge in [0, 0.05) is 46.6 Å². The summed E-state index contributed by atoms with van der Waals surface area (Å²) in [6.07, 6.45) is 0.901. The minimum Gasteiger partial charge on any atom is -0.396 e. The summed E-state index contributed by atoms with van der Waals surface area (Å²) in [6, 6.07) is 18.4. The van der Waals surface area contributed by atoms with Crippen LogP contribution in [-0.4, -0.2) is 28.7 Å². The molecule has 3 rings (SSSR count). The Labute approximate surface area is 151 Å². The fourth-order valence-corrected chi connectivity index (χ4v) is 3.99. The van der Waals surface area contributed by atoms with Gasteiger partial charge < -0.3 is 15.0 Å². The minimum atomic E-state index is -0.0192. The molecule has 1 aromatic heterocycles. The summed E-state index contributed by atoms with van der Waals surface area (Å²) in [7, 11) is 2.01. The molecule has 0 bridgehead atoms. The number of hydrogen-bond acceptors (Lipinski definition) is 3. The molecule has 3 aromatic rings. The second-order valence-electron chi connectivity index (χ2n) is 5.87. The predicted octanol–water partition coefficient (Wildman–Crippen LogP) is 3.37. The van der Waals surface area contributed by atoms with Gasteiger partial charge >= 0.3 is 0 Å². The molecule has 2 N–H and O–H groups in total. The van der Waals surface area contributed by atoms with Crippen LogP contribution in [0.1, 0.15) is 12.1 Å². The molecule has 1 amide bonds. The number of benzene rings is 2. The normalized spacial score (nSPS) is 11.0. The molecule has 0 radical (unpaired) electrons. The van der Waals surface area contributed by atoms with Crippen LogP contribution >= 0.6 is 11.8 Å². The quantitative estimate of drug-likeness (QED) is 0.640. The third kappa shape index (κ3) is 4.06. The molecule has 130 valence electrons. The van der Waals surface area contributed by atoms with E-state index in [-0.39, 0.29) is 12.5 Å². The van der Waals surface area contributed by atoms with Gasteiger partial charge in [-0.1, -0.05) is 48.2 Å². The van der Waals surface area contributed by atoms with Crippen molar-refractivity contribution >= 4 is 28.6 Å². The molecule has 2 aromatic carbocycles. The van der Waals surface area contributed by atoms with Crippen molar-refractivity contribution in [2.24, 2.45) is 7.05 Å². The summed E-state index contributed by atoms with van der Waals surface area (Å²) in [5.74, 6) is -0.0192. The van der Waals surface area contributed by atoms with Gasteiger partial charge in [0.1, 0.15) is 0 Å². The lowest BCUT2D eigenvalue weighted by atomic mass is 10.2. The Balaban J connectivity index is 1.94. The van der Waals surface area contributed by atoms with E-state index in [0.717, 1.165) is 26.4 Å². The van der Waals surface area contributed by atoms with Crippen molar-refractivity contribution in [1.29, 1.82) is 0 Å². The summed E-state index contributed by atoms with van der Waals surface area (Å²) in [6.45, 7) is 0.587. The molecule has 0 saturated heterocycles. The van der Waals surface area contributed by atoms with Crippen LogP contribution in [0.5, 0.6) is 0 Å². The summed E-state index contributed by atoms with van der Waals surface area (Å²) in [5, 5.41) is 12.9. The Bertz CT molecular complexity index is 859. The van der Waals surface area contributed by atoms with Gasteiger partial charge in [-0.05, 0) is 24.6 Å². The third-order valence-corrected chi connectivity index (χ3v) is 5.29. The summed E-state index contributed by atoms with van der Waals surface area (Å²) >= 11 is 1.69. The zero-order valence-electron chi connectivity index (χ0n) is 14.2. The van der Waals surface area contributed by atoms with E-state index in [9.17, 15) is 4.79 Å². The van der Waals surface area contributed by atoms with E-state index in [1.807, 2.05) is 37.4 Å². The van der Waals surface area contributed by atoms with Gasteiger partial charge in [0.25, 0.3) is 0 Å². The van der Waals surface area contributed by atoms with E-state index in [0.29, 0.717) is 19.4 Å². The van der Waals surface area contributed by atoms with Gasteiger partial charge in [0.15, 0.2) is 0 Å². The average molecular weight is 354 g/mol. The number of aliphatic hydroxyl groups excluding tert-OH is 1. The molecule has 0 fully saturated rings. The van der Waals surface area contributed by atoms with Crippen LogP contribution in [0.25, 0.3) is 10.9 Å². The van der Waals surface area contributed by atoms with Crippen molar-refractivity contribution in [1.82, 2.24) is 9.88 Å². The number of aliphatic hydroxyl groups is 1. The number of para-hydroxylation sites is 1. The second kappa shape index (κ2) is 8.23. The monoisotopic (exact) mass is 354 g/mol. The first-order valence-corrected chi connectivity index (χ1v) is 9.19. The maximum Gasteiger partial charge on any atom is 0.225 e. The maximum absolute atomic E-state index is 12.3. The van der Waals surface area contributed by atoms with E-state index in [1.54, 1.807) is 11.8 Å². The SMILES string of the molecule is Cn1c(CC(=O)NCCCO)c(Sc2ccccc2)c2ccccc21. The van der Waals surface area contributed by atoms with Crippen LogP contribution in [0.2, 0.25) is 0 Å². The number of nitrogens with zero attached hydrogens (tertiary/aromatic N) is 1. The van der Waals surface area contributed by atoms with Crippen molar-refractivity contribution in [3.8, 4) is 0 Å². The van der Waals surface area contributed by atoms with E-state index < -0.39 is 0 Å². The van der Waals surface area contributed by atoms with Crippen molar-refractivity contribution in [2.45, 2.75) is 22.6 Å². The topological polar surface area (TPSA) is 54.3 Å². The standard InChI is InChI=1S/C20H22N2O2S/c1-22-17-11-6-5-10-16(17)20(25-15-8-3-2-4-9-15)18(22)14-19(24)21-12-7-13-23/h2-6,8-11,23H,7,12-14H2,1H3,(H,21,24). The fraction of sp³-hybridized carbons (Fsp3) is 0.250. The first-order valence-electron chi connectivity index (χ1n) is 8.37. The zero-order valence-corrected chi connectivity index (χ0v) is 15.1. The smallest absolute Gasteiger partial charge is 0.225 e. The van der Waals surface area contributed by atoms with Crippen molar-refractivity contribution in [3.05, 3.63) is 60.3 Å². The lowest BCUT2D eigenvalue weighted by molar-refractivity contribution is -0.120. The molecule has 0 atom stereocenters. The molecule has 25 heavy (non-hydrogen) atoms. The first-order chi connectivity index (χ1) is 12.2. The van der Waals surface area contributed by atoms with E-state index in [1.165, 1.54) is 0 Å². The number of hydrogen-bond donors (Lipinski definition) is 2. The highest BCUT2D eigenvalue weighted by atomic mass is 32.2. The Kier molecular flexibility index (Phi) is 5.79. The average Bonchev–Trinajstić information content (AvgIpc) is 2.89. The van der Waals surface area contributed by atoms with Gasteiger partial charge in [-0.25, -0.2) is 0 Å². The number of rotatable bonds is 7.